The number of fused-ring (bicyclic) bond motifs is 1. The lowest BCUT2D eigenvalue weighted by molar-refractivity contribution is 0.411. The van der Waals surface area contributed by atoms with Crippen LogP contribution >= 0.6 is 0 Å². The first-order valence-electron chi connectivity index (χ1n) is 7.30. The third-order valence-electron chi connectivity index (χ3n) is 3.52. The average Bonchev–Trinajstić information content (AvgIpc) is 2.62. The summed E-state index contributed by atoms with van der Waals surface area (Å²) in [5, 5.41) is 0.826. The van der Waals surface area contributed by atoms with Crippen LogP contribution in [0.25, 0.3) is 10.9 Å². The van der Waals surface area contributed by atoms with Crippen LogP contribution in [0.15, 0.2) is 48.7 Å². The van der Waals surface area contributed by atoms with E-state index in [0.717, 1.165) is 10.9 Å². The van der Waals surface area contributed by atoms with Crippen molar-refractivity contribution in [3.63, 3.8) is 0 Å². The highest BCUT2D eigenvalue weighted by Crippen LogP contribution is 2.34. The van der Waals surface area contributed by atoms with E-state index in [9.17, 15) is 8.42 Å². The van der Waals surface area contributed by atoms with E-state index < -0.39 is 10.9 Å². The van der Waals surface area contributed by atoms with Crippen LogP contribution in [0.2, 0.25) is 0 Å². The quantitative estimate of drug-likeness (QED) is 0.657. The zero-order valence-electron chi connectivity index (χ0n) is 13.6. The topological polar surface area (TPSA) is 86.8 Å². The van der Waals surface area contributed by atoms with Crippen LogP contribution in [-0.4, -0.2) is 27.6 Å². The number of benzene rings is 2. The zero-order chi connectivity index (χ0) is 17.8. The lowest BCUT2D eigenvalue weighted by Gasteiger charge is -2.12. The Hall–Kier alpha value is -3.00. The molecule has 0 aliphatic heterocycles. The Morgan fingerprint density at radius 1 is 0.920 bits per heavy atom. The van der Waals surface area contributed by atoms with Crippen molar-refractivity contribution in [3.05, 3.63) is 48.7 Å². The van der Waals surface area contributed by atoms with Crippen molar-refractivity contribution < 1.29 is 22.6 Å². The number of hydrogen-bond acceptors (Lipinski definition) is 6. The number of nitrogens with zero attached hydrogens (tertiary/aromatic N) is 1. The van der Waals surface area contributed by atoms with Gasteiger partial charge in [0.2, 0.25) is 10.9 Å². The second-order valence-electron chi connectivity index (χ2n) is 5.03. The van der Waals surface area contributed by atoms with Gasteiger partial charge < -0.3 is 14.2 Å². The molecule has 3 rings (SSSR count). The van der Waals surface area contributed by atoms with Gasteiger partial charge in [0.15, 0.2) is 0 Å². The van der Waals surface area contributed by atoms with Crippen LogP contribution in [0.1, 0.15) is 0 Å². The number of anilines is 1. The van der Waals surface area contributed by atoms with Crippen LogP contribution in [0.3, 0.4) is 0 Å². The van der Waals surface area contributed by atoms with Crippen molar-refractivity contribution in [1.29, 1.82) is 0 Å². The van der Waals surface area contributed by atoms with E-state index in [1.807, 2.05) is 18.2 Å². The van der Waals surface area contributed by atoms with Crippen molar-refractivity contribution in [2.75, 3.05) is 18.9 Å². The average molecular weight is 360 g/mol. The molecule has 0 fully saturated rings. The van der Waals surface area contributed by atoms with Gasteiger partial charge in [0, 0.05) is 23.7 Å². The lowest BCUT2D eigenvalue weighted by Crippen LogP contribution is -1.98. The predicted octanol–water partition coefficient (Wildman–Crippen LogP) is 2.98. The van der Waals surface area contributed by atoms with E-state index in [2.05, 4.69) is 9.71 Å². The number of thiol groups is 1. The first-order chi connectivity index (χ1) is 12.1. The van der Waals surface area contributed by atoms with Crippen LogP contribution in [0.5, 0.6) is 23.0 Å². The first-order valence-corrected chi connectivity index (χ1v) is 8.48. The van der Waals surface area contributed by atoms with Gasteiger partial charge in [-0.15, -0.1) is 0 Å². The van der Waals surface area contributed by atoms with Crippen molar-refractivity contribution in [2.45, 2.75) is 0 Å². The van der Waals surface area contributed by atoms with Gasteiger partial charge in [0.05, 0.1) is 25.4 Å². The highest BCUT2D eigenvalue weighted by Gasteiger charge is 2.09. The summed E-state index contributed by atoms with van der Waals surface area (Å²) in [6.45, 7) is 0. The number of rotatable bonds is 6. The molecule has 25 heavy (non-hydrogen) atoms. The summed E-state index contributed by atoms with van der Waals surface area (Å²) in [4.78, 5) is 4.31. The van der Waals surface area contributed by atoms with E-state index >= 15 is 0 Å². The molecular weight excluding hydrogens is 344 g/mol. The standard InChI is InChI=1S/C17H16N2O5S/c1-22-11-3-5-13-15(9-11)18-8-7-16(13)24-12-4-6-14(19-25(20)21)17(10-12)23-2/h3-10,25H,1-2H3,(H,19,20,21). The molecule has 130 valence electrons. The molecule has 0 radical (unpaired) electrons. The molecule has 7 nitrogen and oxygen atoms in total. The smallest absolute Gasteiger partial charge is 0.222 e. The Balaban J connectivity index is 1.95. The highest BCUT2D eigenvalue weighted by molar-refractivity contribution is 7.73. The maximum absolute atomic E-state index is 10.8. The molecule has 1 heterocycles. The van der Waals surface area contributed by atoms with Gasteiger partial charge >= 0.3 is 0 Å². The molecule has 0 aliphatic carbocycles. The molecule has 0 atom stereocenters. The Labute approximate surface area is 146 Å². The Bertz CT molecular complexity index is 980. The summed E-state index contributed by atoms with van der Waals surface area (Å²) in [7, 11) is 0.275. The number of aromatic nitrogens is 1. The van der Waals surface area contributed by atoms with E-state index in [4.69, 9.17) is 14.2 Å². The predicted molar refractivity (Wildman–Crippen MR) is 95.3 cm³/mol. The molecule has 1 aromatic heterocycles. The molecule has 0 spiro atoms. The van der Waals surface area contributed by atoms with Gasteiger partial charge in [0.25, 0.3) is 0 Å². The second kappa shape index (κ2) is 7.27. The van der Waals surface area contributed by atoms with Crippen molar-refractivity contribution in [2.24, 2.45) is 0 Å². The van der Waals surface area contributed by atoms with Crippen molar-refractivity contribution in [3.8, 4) is 23.0 Å². The minimum absolute atomic E-state index is 0.343. The first kappa shape index (κ1) is 16.8. The van der Waals surface area contributed by atoms with Crippen molar-refractivity contribution >= 4 is 27.5 Å². The van der Waals surface area contributed by atoms with Gasteiger partial charge in [-0.2, -0.15) is 0 Å². The van der Waals surface area contributed by atoms with E-state index in [-0.39, 0.29) is 0 Å². The largest absolute Gasteiger partial charge is 0.497 e. The molecule has 1 N–H and O–H groups in total. The van der Waals surface area contributed by atoms with Crippen molar-refractivity contribution in [1.82, 2.24) is 4.98 Å². The van der Waals surface area contributed by atoms with Gasteiger partial charge in [0.1, 0.15) is 23.0 Å². The maximum Gasteiger partial charge on any atom is 0.222 e. The molecule has 8 heteroatoms. The molecular formula is C17H16N2O5S. The van der Waals surface area contributed by atoms with Gasteiger partial charge in [-0.1, -0.05) is 0 Å². The molecule has 0 bridgehead atoms. The molecule has 3 aromatic rings. The molecule has 0 aliphatic rings. The summed E-state index contributed by atoms with van der Waals surface area (Å²) < 4.78 is 40.3. The molecule has 0 amide bonds. The Kier molecular flexibility index (Phi) is 4.90. The van der Waals surface area contributed by atoms with Gasteiger partial charge in [-0.05, 0) is 30.3 Å². The fraction of sp³-hybridized carbons (Fsp3) is 0.118. The SMILES string of the molecule is COc1ccc2c(Oc3ccc(N[SH](=O)=O)c(OC)c3)ccnc2c1. The molecule has 2 aromatic carbocycles. The molecule has 0 saturated heterocycles. The lowest BCUT2D eigenvalue weighted by atomic mass is 10.2. The Morgan fingerprint density at radius 2 is 1.72 bits per heavy atom. The minimum Gasteiger partial charge on any atom is -0.497 e. The second-order valence-corrected chi connectivity index (χ2v) is 5.76. The van der Waals surface area contributed by atoms with Gasteiger partial charge in [-0.3, -0.25) is 9.71 Å². The summed E-state index contributed by atoms with van der Waals surface area (Å²) >= 11 is 0. The normalized spacial score (nSPS) is 10.7. The summed E-state index contributed by atoms with van der Waals surface area (Å²) in [5.41, 5.74) is 1.08. The van der Waals surface area contributed by atoms with E-state index in [1.54, 1.807) is 37.6 Å². The monoisotopic (exact) mass is 360 g/mol. The summed E-state index contributed by atoms with van der Waals surface area (Å²) in [5.74, 6) is 2.19. The third kappa shape index (κ3) is 3.74. The number of ether oxygens (including phenoxy) is 3. The molecule has 0 unspecified atom stereocenters. The summed E-state index contributed by atoms with van der Waals surface area (Å²) in [6.07, 6.45) is 1.65. The Morgan fingerprint density at radius 3 is 2.44 bits per heavy atom. The fourth-order valence-corrected chi connectivity index (χ4v) is 2.75. The number of nitrogens with one attached hydrogen (secondary N) is 1. The third-order valence-corrected chi connectivity index (χ3v) is 3.95. The fourth-order valence-electron chi connectivity index (χ4n) is 2.37. The number of methoxy groups -OCH3 is 2. The summed E-state index contributed by atoms with van der Waals surface area (Å²) in [6, 6.07) is 12.1. The minimum atomic E-state index is -2.78. The van der Waals surface area contributed by atoms with Crippen LogP contribution < -0.4 is 18.9 Å². The van der Waals surface area contributed by atoms with Crippen LogP contribution in [0, 0.1) is 0 Å². The zero-order valence-corrected chi connectivity index (χ0v) is 14.4. The van der Waals surface area contributed by atoms with Gasteiger partial charge in [-0.25, -0.2) is 8.42 Å². The maximum atomic E-state index is 10.8. The highest BCUT2D eigenvalue weighted by atomic mass is 32.2. The van der Waals surface area contributed by atoms with E-state index in [0.29, 0.717) is 28.7 Å². The number of pyridine rings is 1. The molecule has 0 saturated carbocycles. The van der Waals surface area contributed by atoms with Crippen LogP contribution in [-0.2, 0) is 10.9 Å². The van der Waals surface area contributed by atoms with Crippen LogP contribution in [0.4, 0.5) is 5.69 Å². The number of hydrogen-bond donors (Lipinski definition) is 2. The van der Waals surface area contributed by atoms with E-state index in [1.165, 1.54) is 7.11 Å².